The van der Waals surface area contributed by atoms with Gasteiger partial charge in [0.1, 0.15) is 11.6 Å². The molecule has 0 bridgehead atoms. The van der Waals surface area contributed by atoms with Gasteiger partial charge in [-0.2, -0.15) is 0 Å². The van der Waals surface area contributed by atoms with Crippen LogP contribution in [0.4, 0.5) is 10.1 Å². The summed E-state index contributed by atoms with van der Waals surface area (Å²) < 4.78 is 18.2. The van der Waals surface area contributed by atoms with E-state index in [0.29, 0.717) is 12.5 Å². The zero-order valence-electron chi connectivity index (χ0n) is 13.6. The van der Waals surface area contributed by atoms with Crippen LogP contribution in [0, 0.1) is 5.82 Å². The average Bonchev–Trinajstić information content (AvgIpc) is 2.54. The normalized spacial score (nSPS) is 12.1. The molecule has 2 aromatic carbocycles. The van der Waals surface area contributed by atoms with Gasteiger partial charge in [0.2, 0.25) is 0 Å². The largest absolute Gasteiger partial charge is 0.497 e. The minimum atomic E-state index is -0.243. The van der Waals surface area contributed by atoms with Crippen molar-refractivity contribution < 1.29 is 9.13 Å². The molecule has 2 aromatic rings. The quantitative estimate of drug-likeness (QED) is 0.655. The Hall–Kier alpha value is -2.56. The number of nitrogens with zero attached hydrogens (tertiary/aromatic N) is 1. The molecule has 0 amide bonds. The monoisotopic (exact) mass is 315 g/mol. The molecule has 0 aliphatic heterocycles. The summed E-state index contributed by atoms with van der Waals surface area (Å²) in [5, 5.41) is 3.04. The van der Waals surface area contributed by atoms with Crippen LogP contribution in [-0.4, -0.2) is 19.6 Å². The molecule has 0 aliphatic rings. The zero-order chi connectivity index (χ0) is 16.9. The van der Waals surface area contributed by atoms with Crippen molar-refractivity contribution in [2.75, 3.05) is 19.0 Å². The van der Waals surface area contributed by atoms with Crippen molar-refractivity contribution in [2.24, 2.45) is 10.7 Å². The van der Waals surface area contributed by atoms with Crippen LogP contribution in [-0.2, 0) is 5.41 Å². The van der Waals surface area contributed by atoms with Gasteiger partial charge in [-0.1, -0.05) is 32.0 Å². The van der Waals surface area contributed by atoms with Crippen LogP contribution >= 0.6 is 0 Å². The number of halogens is 1. The van der Waals surface area contributed by atoms with Crippen molar-refractivity contribution in [1.82, 2.24) is 0 Å². The summed E-state index contributed by atoms with van der Waals surface area (Å²) in [6.45, 7) is 4.58. The van der Waals surface area contributed by atoms with Crippen molar-refractivity contribution in [2.45, 2.75) is 19.3 Å². The van der Waals surface area contributed by atoms with E-state index in [2.05, 4.69) is 10.3 Å². The molecule has 0 aliphatic carbocycles. The van der Waals surface area contributed by atoms with E-state index in [1.165, 1.54) is 12.1 Å². The number of hydrogen-bond donors (Lipinski definition) is 2. The topological polar surface area (TPSA) is 59.6 Å². The Balaban J connectivity index is 2.04. The third-order valence-electron chi connectivity index (χ3n) is 3.61. The summed E-state index contributed by atoms with van der Waals surface area (Å²) in [6.07, 6.45) is 0. The number of benzene rings is 2. The Labute approximate surface area is 136 Å². The van der Waals surface area contributed by atoms with E-state index in [1.807, 2.05) is 38.1 Å². The second-order valence-electron chi connectivity index (χ2n) is 5.95. The lowest BCUT2D eigenvalue weighted by molar-refractivity contribution is 0.415. The van der Waals surface area contributed by atoms with Crippen molar-refractivity contribution in [3.63, 3.8) is 0 Å². The Morgan fingerprint density at radius 1 is 1.22 bits per heavy atom. The molecule has 0 atom stereocenters. The number of hydrogen-bond acceptors (Lipinski definition) is 2. The summed E-state index contributed by atoms with van der Waals surface area (Å²) in [5.41, 5.74) is 7.52. The summed E-state index contributed by atoms with van der Waals surface area (Å²) in [6, 6.07) is 13.9. The summed E-state index contributed by atoms with van der Waals surface area (Å²) in [7, 11) is 1.61. The molecule has 0 radical (unpaired) electrons. The van der Waals surface area contributed by atoms with E-state index < -0.39 is 0 Å². The molecule has 0 saturated carbocycles. The maximum Gasteiger partial charge on any atom is 0.193 e. The van der Waals surface area contributed by atoms with E-state index in [4.69, 9.17) is 10.5 Å². The molecule has 23 heavy (non-hydrogen) atoms. The van der Waals surface area contributed by atoms with E-state index in [0.717, 1.165) is 17.0 Å². The molecular formula is C18H22FN3O. The lowest BCUT2D eigenvalue weighted by atomic mass is 9.85. The molecule has 4 nitrogen and oxygen atoms in total. The van der Waals surface area contributed by atoms with Crippen molar-refractivity contribution >= 4 is 11.6 Å². The first-order chi connectivity index (χ1) is 10.9. The number of rotatable bonds is 5. The smallest absolute Gasteiger partial charge is 0.193 e. The first-order valence-corrected chi connectivity index (χ1v) is 7.38. The number of guanidine groups is 1. The molecule has 3 N–H and O–H groups in total. The lowest BCUT2D eigenvalue weighted by Crippen LogP contribution is -2.27. The molecule has 0 unspecified atom stereocenters. The van der Waals surface area contributed by atoms with Crippen molar-refractivity contribution in [3.8, 4) is 5.75 Å². The van der Waals surface area contributed by atoms with E-state index in [9.17, 15) is 4.39 Å². The van der Waals surface area contributed by atoms with Crippen LogP contribution in [0.25, 0.3) is 0 Å². The number of aliphatic imine (C=N–C) groups is 1. The molecule has 5 heteroatoms. The highest BCUT2D eigenvalue weighted by Gasteiger charge is 2.20. The second-order valence-corrected chi connectivity index (χ2v) is 5.95. The van der Waals surface area contributed by atoms with Gasteiger partial charge in [-0.15, -0.1) is 0 Å². The zero-order valence-corrected chi connectivity index (χ0v) is 13.6. The van der Waals surface area contributed by atoms with Crippen LogP contribution in [0.3, 0.4) is 0 Å². The van der Waals surface area contributed by atoms with E-state index in [-0.39, 0.29) is 11.2 Å². The first kappa shape index (κ1) is 16.8. The Kier molecular flexibility index (Phi) is 5.21. The van der Waals surface area contributed by atoms with Gasteiger partial charge < -0.3 is 15.8 Å². The molecule has 0 saturated heterocycles. The molecule has 0 spiro atoms. The van der Waals surface area contributed by atoms with Crippen LogP contribution in [0.5, 0.6) is 5.75 Å². The average molecular weight is 315 g/mol. The lowest BCUT2D eigenvalue weighted by Gasteiger charge is -2.23. The number of ether oxygens (including phenoxy) is 1. The standard InChI is InChI=1S/C18H22FN3O/c1-18(2,13-7-9-14(19)10-8-13)12-21-17(20)22-15-5-4-6-16(11-15)23-3/h4-11H,12H2,1-3H3,(H3,20,21,22). The Morgan fingerprint density at radius 3 is 2.57 bits per heavy atom. The summed E-state index contributed by atoms with van der Waals surface area (Å²) in [5.74, 6) is 0.829. The molecular weight excluding hydrogens is 293 g/mol. The Bertz CT molecular complexity index is 681. The third kappa shape index (κ3) is 4.71. The summed E-state index contributed by atoms with van der Waals surface area (Å²) in [4.78, 5) is 4.39. The molecule has 0 aromatic heterocycles. The van der Waals surface area contributed by atoms with Gasteiger partial charge in [0, 0.05) is 17.2 Å². The number of methoxy groups -OCH3 is 1. The van der Waals surface area contributed by atoms with Gasteiger partial charge in [0.15, 0.2) is 5.96 Å². The fraction of sp³-hybridized carbons (Fsp3) is 0.278. The molecule has 0 heterocycles. The minimum absolute atomic E-state index is 0.242. The van der Waals surface area contributed by atoms with Crippen molar-refractivity contribution in [3.05, 3.63) is 59.9 Å². The van der Waals surface area contributed by atoms with Crippen LogP contribution in [0.1, 0.15) is 19.4 Å². The maximum absolute atomic E-state index is 13.0. The molecule has 0 fully saturated rings. The van der Waals surface area contributed by atoms with Gasteiger partial charge in [-0.25, -0.2) is 4.39 Å². The maximum atomic E-state index is 13.0. The number of nitrogens with two attached hydrogens (primary N) is 1. The Morgan fingerprint density at radius 2 is 1.91 bits per heavy atom. The summed E-state index contributed by atoms with van der Waals surface area (Å²) >= 11 is 0. The van der Waals surface area contributed by atoms with E-state index >= 15 is 0 Å². The third-order valence-corrected chi connectivity index (χ3v) is 3.61. The second kappa shape index (κ2) is 7.13. The minimum Gasteiger partial charge on any atom is -0.497 e. The predicted molar refractivity (Wildman–Crippen MR) is 92.5 cm³/mol. The fourth-order valence-corrected chi connectivity index (χ4v) is 2.16. The van der Waals surface area contributed by atoms with Crippen LogP contribution in [0.2, 0.25) is 0 Å². The van der Waals surface area contributed by atoms with Gasteiger partial charge in [-0.3, -0.25) is 4.99 Å². The van der Waals surface area contributed by atoms with Crippen molar-refractivity contribution in [1.29, 1.82) is 0 Å². The molecule has 122 valence electrons. The number of nitrogens with one attached hydrogen (secondary N) is 1. The van der Waals surface area contributed by atoms with Gasteiger partial charge in [0.25, 0.3) is 0 Å². The number of anilines is 1. The van der Waals surface area contributed by atoms with Crippen LogP contribution in [0.15, 0.2) is 53.5 Å². The predicted octanol–water partition coefficient (Wildman–Crippen LogP) is 3.54. The van der Waals surface area contributed by atoms with E-state index in [1.54, 1.807) is 19.2 Å². The fourth-order valence-electron chi connectivity index (χ4n) is 2.16. The first-order valence-electron chi connectivity index (χ1n) is 7.38. The highest BCUT2D eigenvalue weighted by atomic mass is 19.1. The highest BCUT2D eigenvalue weighted by Crippen LogP contribution is 2.24. The molecule has 2 rings (SSSR count). The van der Waals surface area contributed by atoms with Gasteiger partial charge >= 0.3 is 0 Å². The SMILES string of the molecule is COc1cccc(NC(N)=NCC(C)(C)c2ccc(F)cc2)c1. The van der Waals surface area contributed by atoms with Crippen LogP contribution < -0.4 is 15.8 Å². The van der Waals surface area contributed by atoms with Gasteiger partial charge in [0.05, 0.1) is 13.7 Å². The van der Waals surface area contributed by atoms with Gasteiger partial charge in [-0.05, 0) is 29.8 Å². The highest BCUT2D eigenvalue weighted by molar-refractivity contribution is 5.92.